The Morgan fingerprint density at radius 2 is 2.00 bits per heavy atom. The highest BCUT2D eigenvalue weighted by atomic mass is 19.2. The van der Waals surface area contributed by atoms with E-state index < -0.39 is 17.6 Å². The zero-order chi connectivity index (χ0) is 11.4. The number of hydrogen-bond acceptors (Lipinski definition) is 2. The Bertz CT molecular complexity index is 375. The molecule has 0 saturated carbocycles. The molecule has 1 aromatic carbocycles. The number of hydrogen-bond donors (Lipinski definition) is 0. The molecule has 82 valence electrons. The molecule has 1 rings (SSSR count). The minimum absolute atomic E-state index is 0.0246. The van der Waals surface area contributed by atoms with Crippen LogP contribution in [0.5, 0.6) is 0 Å². The Labute approximate surface area is 86.9 Å². The molecule has 0 aliphatic carbocycles. The highest BCUT2D eigenvalue weighted by Crippen LogP contribution is 2.16. The third kappa shape index (κ3) is 2.75. The fourth-order valence-corrected chi connectivity index (χ4v) is 1.19. The molecule has 0 aliphatic rings. The Morgan fingerprint density at radius 3 is 2.60 bits per heavy atom. The average molecular weight is 214 g/mol. The topological polar surface area (TPSA) is 26.3 Å². The van der Waals surface area contributed by atoms with E-state index in [1.807, 2.05) is 0 Å². The van der Waals surface area contributed by atoms with Gasteiger partial charge < -0.3 is 4.74 Å². The van der Waals surface area contributed by atoms with Crippen LogP contribution in [0.2, 0.25) is 0 Å². The van der Waals surface area contributed by atoms with Crippen molar-refractivity contribution in [3.05, 3.63) is 34.9 Å². The summed E-state index contributed by atoms with van der Waals surface area (Å²) in [5, 5.41) is 0. The van der Waals surface area contributed by atoms with E-state index in [2.05, 4.69) is 4.74 Å². The van der Waals surface area contributed by atoms with Gasteiger partial charge in [-0.1, -0.05) is 12.1 Å². The number of esters is 1. The maximum absolute atomic E-state index is 13.3. The molecule has 0 N–H and O–H groups in total. The van der Waals surface area contributed by atoms with Crippen molar-refractivity contribution in [1.82, 2.24) is 0 Å². The number of halogens is 2. The van der Waals surface area contributed by atoms with E-state index in [0.717, 1.165) is 0 Å². The van der Waals surface area contributed by atoms with Crippen LogP contribution in [0.25, 0.3) is 0 Å². The summed E-state index contributed by atoms with van der Waals surface area (Å²) in [6, 6.07) is 2.83. The smallest absolute Gasteiger partial charge is 0.310 e. The Morgan fingerprint density at radius 1 is 1.33 bits per heavy atom. The molecule has 0 aliphatic heterocycles. The van der Waals surface area contributed by atoms with Gasteiger partial charge >= 0.3 is 5.97 Å². The normalized spacial score (nSPS) is 10.1. The molecule has 0 fully saturated rings. The third-order valence-electron chi connectivity index (χ3n) is 2.00. The van der Waals surface area contributed by atoms with Crippen LogP contribution in [0, 0.1) is 18.6 Å². The van der Waals surface area contributed by atoms with Crippen molar-refractivity contribution in [3.8, 4) is 0 Å². The summed E-state index contributed by atoms with van der Waals surface area (Å²) in [7, 11) is 0. The molecule has 0 heterocycles. The first-order chi connectivity index (χ1) is 7.06. The molecule has 0 aromatic heterocycles. The predicted molar refractivity (Wildman–Crippen MR) is 51.4 cm³/mol. The third-order valence-corrected chi connectivity index (χ3v) is 2.00. The minimum atomic E-state index is -0.969. The number of ether oxygens (including phenoxy) is 1. The number of rotatable bonds is 3. The SMILES string of the molecule is CCOC(=O)Cc1ccc(C)c(F)c1F. The van der Waals surface area contributed by atoms with E-state index >= 15 is 0 Å². The Hall–Kier alpha value is -1.45. The van der Waals surface area contributed by atoms with Crippen molar-refractivity contribution in [2.75, 3.05) is 6.61 Å². The first-order valence-electron chi connectivity index (χ1n) is 4.65. The maximum atomic E-state index is 13.3. The lowest BCUT2D eigenvalue weighted by atomic mass is 10.1. The summed E-state index contributed by atoms with van der Waals surface area (Å²) >= 11 is 0. The Balaban J connectivity index is 2.87. The molecule has 0 saturated heterocycles. The van der Waals surface area contributed by atoms with Gasteiger partial charge in [-0.05, 0) is 19.4 Å². The van der Waals surface area contributed by atoms with Crippen LogP contribution >= 0.6 is 0 Å². The summed E-state index contributed by atoms with van der Waals surface area (Å²) in [6.45, 7) is 3.35. The quantitative estimate of drug-likeness (QED) is 0.722. The van der Waals surface area contributed by atoms with Crippen molar-refractivity contribution in [2.45, 2.75) is 20.3 Å². The summed E-state index contributed by atoms with van der Waals surface area (Å²) in [6.07, 6.45) is -0.239. The first-order valence-corrected chi connectivity index (χ1v) is 4.65. The van der Waals surface area contributed by atoms with Crippen molar-refractivity contribution < 1.29 is 18.3 Å². The number of carbonyl (C=O) groups excluding carboxylic acids is 1. The molecule has 15 heavy (non-hydrogen) atoms. The van der Waals surface area contributed by atoms with Crippen LogP contribution in [-0.4, -0.2) is 12.6 Å². The molecule has 0 radical (unpaired) electrons. The molecule has 4 heteroatoms. The van der Waals surface area contributed by atoms with Crippen molar-refractivity contribution in [2.24, 2.45) is 0 Å². The average Bonchev–Trinajstić information content (AvgIpc) is 2.20. The Kier molecular flexibility index (Phi) is 3.77. The lowest BCUT2D eigenvalue weighted by Crippen LogP contribution is -2.09. The van der Waals surface area contributed by atoms with Crippen LogP contribution in [0.1, 0.15) is 18.1 Å². The molecular formula is C11H12F2O2. The van der Waals surface area contributed by atoms with Gasteiger partial charge in [0.2, 0.25) is 0 Å². The van der Waals surface area contributed by atoms with Gasteiger partial charge in [0.1, 0.15) is 0 Å². The second-order valence-electron chi connectivity index (χ2n) is 3.15. The van der Waals surface area contributed by atoms with Gasteiger partial charge in [0.05, 0.1) is 13.0 Å². The maximum Gasteiger partial charge on any atom is 0.310 e. The van der Waals surface area contributed by atoms with Crippen molar-refractivity contribution in [3.63, 3.8) is 0 Å². The second-order valence-corrected chi connectivity index (χ2v) is 3.15. The summed E-state index contributed by atoms with van der Waals surface area (Å²) in [5.41, 5.74) is 0.247. The minimum Gasteiger partial charge on any atom is -0.466 e. The molecule has 0 atom stereocenters. The molecule has 2 nitrogen and oxygen atoms in total. The van der Waals surface area contributed by atoms with Crippen LogP contribution < -0.4 is 0 Å². The van der Waals surface area contributed by atoms with Gasteiger partial charge in [-0.25, -0.2) is 8.78 Å². The summed E-state index contributed by atoms with van der Waals surface area (Å²) in [5.74, 6) is -2.43. The molecule has 0 amide bonds. The molecule has 0 bridgehead atoms. The zero-order valence-electron chi connectivity index (χ0n) is 8.64. The first kappa shape index (κ1) is 11.6. The van der Waals surface area contributed by atoms with E-state index in [1.165, 1.54) is 19.1 Å². The van der Waals surface area contributed by atoms with Crippen molar-refractivity contribution >= 4 is 5.97 Å². The van der Waals surface area contributed by atoms with E-state index in [0.29, 0.717) is 0 Å². The van der Waals surface area contributed by atoms with E-state index in [1.54, 1.807) is 6.92 Å². The lowest BCUT2D eigenvalue weighted by molar-refractivity contribution is -0.142. The molecule has 0 unspecified atom stereocenters. The summed E-state index contributed by atoms with van der Waals surface area (Å²) in [4.78, 5) is 11.0. The van der Waals surface area contributed by atoms with Gasteiger partial charge in [0.25, 0.3) is 0 Å². The van der Waals surface area contributed by atoms with E-state index in [9.17, 15) is 13.6 Å². The monoisotopic (exact) mass is 214 g/mol. The number of carbonyl (C=O) groups is 1. The van der Waals surface area contributed by atoms with Gasteiger partial charge in [-0.3, -0.25) is 4.79 Å². The predicted octanol–water partition coefficient (Wildman–Crippen LogP) is 2.38. The van der Waals surface area contributed by atoms with Gasteiger partial charge in [0.15, 0.2) is 11.6 Å². The largest absolute Gasteiger partial charge is 0.466 e. The molecular weight excluding hydrogens is 202 g/mol. The molecule has 1 aromatic rings. The van der Waals surface area contributed by atoms with Gasteiger partial charge in [0, 0.05) is 5.56 Å². The van der Waals surface area contributed by atoms with Crippen LogP contribution in [-0.2, 0) is 16.0 Å². The van der Waals surface area contributed by atoms with Crippen LogP contribution in [0.15, 0.2) is 12.1 Å². The number of benzene rings is 1. The fraction of sp³-hybridized carbons (Fsp3) is 0.364. The number of aryl methyl sites for hydroxylation is 1. The van der Waals surface area contributed by atoms with E-state index in [-0.39, 0.29) is 24.2 Å². The highest BCUT2D eigenvalue weighted by Gasteiger charge is 2.14. The lowest BCUT2D eigenvalue weighted by Gasteiger charge is -2.05. The standard InChI is InChI=1S/C11H12F2O2/c1-3-15-9(14)6-8-5-4-7(2)10(12)11(8)13/h4-5H,3,6H2,1-2H3. The summed E-state index contributed by atoms with van der Waals surface area (Å²) < 4.78 is 31.0. The van der Waals surface area contributed by atoms with Crippen LogP contribution in [0.4, 0.5) is 8.78 Å². The van der Waals surface area contributed by atoms with Gasteiger partial charge in [-0.15, -0.1) is 0 Å². The molecule has 0 spiro atoms. The van der Waals surface area contributed by atoms with Gasteiger partial charge in [-0.2, -0.15) is 0 Å². The van der Waals surface area contributed by atoms with E-state index in [4.69, 9.17) is 0 Å². The fourth-order valence-electron chi connectivity index (χ4n) is 1.19. The second kappa shape index (κ2) is 4.87. The zero-order valence-corrected chi connectivity index (χ0v) is 8.64. The van der Waals surface area contributed by atoms with Crippen molar-refractivity contribution in [1.29, 1.82) is 0 Å². The van der Waals surface area contributed by atoms with Crippen LogP contribution in [0.3, 0.4) is 0 Å². The highest BCUT2D eigenvalue weighted by molar-refractivity contribution is 5.72.